The van der Waals surface area contributed by atoms with Gasteiger partial charge in [0.2, 0.25) is 17.3 Å². The fourth-order valence-electron chi connectivity index (χ4n) is 2.50. The van der Waals surface area contributed by atoms with Gasteiger partial charge in [0.15, 0.2) is 6.20 Å². The third-order valence-corrected chi connectivity index (χ3v) is 4.19. The van der Waals surface area contributed by atoms with Crippen LogP contribution in [0.4, 0.5) is 0 Å². The maximum Gasteiger partial charge on any atom is 0.230 e. The van der Waals surface area contributed by atoms with Crippen molar-refractivity contribution >= 4 is 32.6 Å². The lowest BCUT2D eigenvalue weighted by atomic mass is 10.0. The van der Waals surface area contributed by atoms with Crippen molar-refractivity contribution in [3.8, 4) is 0 Å². The molecule has 3 aromatic rings. The zero-order valence-electron chi connectivity index (χ0n) is 11.7. The Hall–Kier alpha value is -2.00. The van der Waals surface area contributed by atoms with E-state index >= 15 is 0 Å². The number of pyridine rings is 1. The summed E-state index contributed by atoms with van der Waals surface area (Å²) in [7, 11) is 0. The molecule has 0 aliphatic carbocycles. The predicted molar refractivity (Wildman–Crippen MR) is 87.3 cm³/mol. The van der Waals surface area contributed by atoms with Gasteiger partial charge in [-0.2, -0.15) is 4.57 Å². The van der Waals surface area contributed by atoms with Gasteiger partial charge in [-0.1, -0.05) is 40.2 Å². The summed E-state index contributed by atoms with van der Waals surface area (Å²) in [4.78, 5) is 12.7. The molecule has 3 rings (SSSR count). The minimum atomic E-state index is -0.239. The SMILES string of the molecule is CC(C(=O)c1ccc(Br)cc1)[n+]1cccc2ccccc21. The number of carbonyl (C=O) groups excluding carboxylic acids is 1. The van der Waals surface area contributed by atoms with Crippen LogP contribution in [0, 0.1) is 0 Å². The number of fused-ring (bicyclic) bond motifs is 1. The first-order valence-corrected chi connectivity index (χ1v) is 7.65. The van der Waals surface area contributed by atoms with E-state index in [-0.39, 0.29) is 11.8 Å². The van der Waals surface area contributed by atoms with Crippen molar-refractivity contribution in [2.75, 3.05) is 0 Å². The molecule has 1 unspecified atom stereocenters. The zero-order valence-corrected chi connectivity index (χ0v) is 13.2. The molecule has 21 heavy (non-hydrogen) atoms. The molecule has 0 radical (unpaired) electrons. The lowest BCUT2D eigenvalue weighted by Gasteiger charge is -2.09. The van der Waals surface area contributed by atoms with Gasteiger partial charge in [-0.25, -0.2) is 0 Å². The maximum atomic E-state index is 12.7. The third-order valence-electron chi connectivity index (χ3n) is 3.66. The molecule has 1 atom stereocenters. The number of carbonyl (C=O) groups is 1. The zero-order chi connectivity index (χ0) is 14.8. The van der Waals surface area contributed by atoms with Crippen molar-refractivity contribution in [1.29, 1.82) is 0 Å². The Kier molecular flexibility index (Phi) is 3.84. The molecule has 0 aliphatic heterocycles. The van der Waals surface area contributed by atoms with Crippen LogP contribution in [0.5, 0.6) is 0 Å². The van der Waals surface area contributed by atoms with E-state index in [1.54, 1.807) is 0 Å². The molecule has 2 nitrogen and oxygen atoms in total. The highest BCUT2D eigenvalue weighted by molar-refractivity contribution is 9.10. The fourth-order valence-corrected chi connectivity index (χ4v) is 2.77. The van der Waals surface area contributed by atoms with Crippen LogP contribution in [0.25, 0.3) is 10.9 Å². The van der Waals surface area contributed by atoms with Crippen LogP contribution >= 0.6 is 15.9 Å². The second-order valence-corrected chi connectivity index (χ2v) is 5.94. The van der Waals surface area contributed by atoms with Gasteiger partial charge in [-0.3, -0.25) is 4.79 Å². The van der Waals surface area contributed by atoms with E-state index < -0.39 is 0 Å². The first-order valence-electron chi connectivity index (χ1n) is 6.85. The summed E-state index contributed by atoms with van der Waals surface area (Å²) in [5.74, 6) is 0.115. The molecule has 1 aromatic heterocycles. The van der Waals surface area contributed by atoms with E-state index in [1.807, 2.05) is 66.2 Å². The summed E-state index contributed by atoms with van der Waals surface area (Å²) in [5, 5.41) is 1.13. The minimum absolute atomic E-state index is 0.115. The number of aromatic nitrogens is 1. The highest BCUT2D eigenvalue weighted by atomic mass is 79.9. The number of benzene rings is 2. The molecule has 0 spiro atoms. The second-order valence-electron chi connectivity index (χ2n) is 5.02. The highest BCUT2D eigenvalue weighted by Crippen LogP contribution is 2.16. The monoisotopic (exact) mass is 340 g/mol. The average molecular weight is 341 g/mol. The molecule has 1 heterocycles. The summed E-state index contributed by atoms with van der Waals surface area (Å²) in [6.45, 7) is 1.94. The Morgan fingerprint density at radius 1 is 1.00 bits per heavy atom. The average Bonchev–Trinajstić information content (AvgIpc) is 2.53. The first kappa shape index (κ1) is 14.0. The molecule has 3 heteroatoms. The van der Waals surface area contributed by atoms with Crippen molar-refractivity contribution < 1.29 is 9.36 Å². The van der Waals surface area contributed by atoms with Crippen molar-refractivity contribution in [1.82, 2.24) is 0 Å². The Balaban J connectivity index is 2.02. The van der Waals surface area contributed by atoms with Gasteiger partial charge in [-0.15, -0.1) is 0 Å². The van der Waals surface area contributed by atoms with Gasteiger partial charge in [0, 0.05) is 34.5 Å². The smallest absolute Gasteiger partial charge is 0.230 e. The van der Waals surface area contributed by atoms with Crippen LogP contribution in [0.2, 0.25) is 0 Å². The van der Waals surface area contributed by atoms with Crippen molar-refractivity contribution in [2.24, 2.45) is 0 Å². The van der Waals surface area contributed by atoms with E-state index in [2.05, 4.69) is 28.1 Å². The fraction of sp³-hybridized carbons (Fsp3) is 0.111. The van der Waals surface area contributed by atoms with Crippen molar-refractivity contribution in [3.63, 3.8) is 0 Å². The Bertz CT molecular complexity index is 790. The van der Waals surface area contributed by atoms with Gasteiger partial charge in [-0.05, 0) is 24.3 Å². The molecular formula is C18H15BrNO+. The Morgan fingerprint density at radius 3 is 2.43 bits per heavy atom. The maximum absolute atomic E-state index is 12.7. The van der Waals surface area contributed by atoms with E-state index in [0.29, 0.717) is 0 Å². The number of halogens is 1. The van der Waals surface area contributed by atoms with Gasteiger partial charge < -0.3 is 0 Å². The molecule has 104 valence electrons. The standard InChI is InChI=1S/C18H15BrNO/c1-13(18(21)15-8-10-16(19)11-9-15)20-12-4-6-14-5-2-3-7-17(14)20/h2-13H,1H3/q+1. The summed E-state index contributed by atoms with van der Waals surface area (Å²) in [6.07, 6.45) is 1.96. The topological polar surface area (TPSA) is 20.9 Å². The van der Waals surface area contributed by atoms with Crippen LogP contribution in [-0.2, 0) is 0 Å². The van der Waals surface area contributed by atoms with Gasteiger partial charge in [0.25, 0.3) is 0 Å². The molecule has 0 amide bonds. The summed E-state index contributed by atoms with van der Waals surface area (Å²) in [6, 6.07) is 19.4. The summed E-state index contributed by atoms with van der Waals surface area (Å²) in [5.41, 5.74) is 1.80. The minimum Gasteiger partial charge on any atom is -0.287 e. The van der Waals surface area contributed by atoms with E-state index in [1.165, 1.54) is 0 Å². The number of nitrogens with zero attached hydrogens (tertiary/aromatic N) is 1. The van der Waals surface area contributed by atoms with Crippen LogP contribution in [0.3, 0.4) is 0 Å². The molecule has 0 N–H and O–H groups in total. The number of ketones is 1. The third kappa shape index (κ3) is 2.74. The predicted octanol–water partition coefficient (Wildman–Crippen LogP) is 4.33. The van der Waals surface area contributed by atoms with Crippen molar-refractivity contribution in [2.45, 2.75) is 13.0 Å². The largest absolute Gasteiger partial charge is 0.287 e. The molecule has 0 bridgehead atoms. The van der Waals surface area contributed by atoms with Crippen LogP contribution < -0.4 is 4.57 Å². The Morgan fingerprint density at radius 2 is 1.67 bits per heavy atom. The molecule has 0 aliphatic rings. The second kappa shape index (κ2) is 5.78. The molecular weight excluding hydrogens is 326 g/mol. The first-order chi connectivity index (χ1) is 10.2. The molecule has 0 fully saturated rings. The van der Waals surface area contributed by atoms with Crippen LogP contribution in [0.15, 0.2) is 71.3 Å². The number of hydrogen-bond donors (Lipinski definition) is 0. The lowest BCUT2D eigenvalue weighted by Crippen LogP contribution is -2.42. The number of Topliss-reactive ketones (excluding diaryl/α,β-unsaturated/α-hetero) is 1. The highest BCUT2D eigenvalue weighted by Gasteiger charge is 2.25. The van der Waals surface area contributed by atoms with E-state index in [0.717, 1.165) is 20.9 Å². The normalized spacial score (nSPS) is 12.3. The molecule has 0 saturated carbocycles. The molecule has 0 saturated heterocycles. The van der Waals surface area contributed by atoms with Gasteiger partial charge >= 0.3 is 0 Å². The van der Waals surface area contributed by atoms with Gasteiger partial charge in [0.05, 0.1) is 0 Å². The van der Waals surface area contributed by atoms with Crippen LogP contribution in [0.1, 0.15) is 23.3 Å². The van der Waals surface area contributed by atoms with Gasteiger partial charge in [0.1, 0.15) is 0 Å². The van der Waals surface area contributed by atoms with Crippen LogP contribution in [-0.4, -0.2) is 5.78 Å². The quantitative estimate of drug-likeness (QED) is 0.513. The number of rotatable bonds is 3. The molecule has 2 aromatic carbocycles. The van der Waals surface area contributed by atoms with E-state index in [4.69, 9.17) is 0 Å². The van der Waals surface area contributed by atoms with E-state index in [9.17, 15) is 4.79 Å². The summed E-state index contributed by atoms with van der Waals surface area (Å²) < 4.78 is 3.00. The Labute approximate surface area is 132 Å². The lowest BCUT2D eigenvalue weighted by molar-refractivity contribution is -0.679. The number of hydrogen-bond acceptors (Lipinski definition) is 1. The summed E-state index contributed by atoms with van der Waals surface area (Å²) >= 11 is 3.39. The number of para-hydroxylation sites is 1. The van der Waals surface area contributed by atoms with Crippen molar-refractivity contribution in [3.05, 3.63) is 76.9 Å².